The van der Waals surface area contributed by atoms with Crippen LogP contribution in [0.4, 0.5) is 13.2 Å². The molecule has 0 saturated carbocycles. The van der Waals surface area contributed by atoms with Crippen molar-refractivity contribution in [3.8, 4) is 11.4 Å². The van der Waals surface area contributed by atoms with Crippen LogP contribution in [0.25, 0.3) is 22.4 Å². The molecule has 31 heavy (non-hydrogen) atoms. The fourth-order valence-corrected chi connectivity index (χ4v) is 5.08. The van der Waals surface area contributed by atoms with Crippen LogP contribution in [-0.2, 0) is 25.6 Å². The smallest absolute Gasteiger partial charge is 0.324 e. The zero-order valence-corrected chi connectivity index (χ0v) is 17.5. The number of aryl methyl sites for hydroxylation is 3. The first kappa shape index (κ1) is 20.5. The second-order valence-corrected chi connectivity index (χ2v) is 8.72. The molecular weight excluding hydrogens is 401 g/mol. The Labute approximate surface area is 179 Å². The molecule has 5 rings (SSSR count). The van der Waals surface area contributed by atoms with Gasteiger partial charge in [-0.05, 0) is 69.5 Å². The van der Waals surface area contributed by atoms with Gasteiger partial charge in [0.25, 0.3) is 0 Å². The Hall–Kier alpha value is -2.41. The molecule has 164 valence electrons. The van der Waals surface area contributed by atoms with Crippen molar-refractivity contribution < 1.29 is 13.2 Å². The van der Waals surface area contributed by atoms with E-state index in [9.17, 15) is 13.2 Å². The van der Waals surface area contributed by atoms with Gasteiger partial charge < -0.3 is 9.88 Å². The number of imidazole rings is 1. The van der Waals surface area contributed by atoms with Gasteiger partial charge in [0.1, 0.15) is 11.3 Å². The molecule has 2 aromatic heterocycles. The minimum absolute atomic E-state index is 0.0114. The lowest BCUT2D eigenvalue weighted by atomic mass is 9.93. The molecule has 0 atom stereocenters. The number of aromatic nitrogens is 3. The quantitative estimate of drug-likeness (QED) is 0.606. The Kier molecular flexibility index (Phi) is 5.46. The number of benzene rings is 1. The molecule has 0 unspecified atom stereocenters. The van der Waals surface area contributed by atoms with Gasteiger partial charge in [-0.3, -0.25) is 0 Å². The number of rotatable bonds is 4. The van der Waals surface area contributed by atoms with E-state index in [-0.39, 0.29) is 5.52 Å². The average Bonchev–Trinajstić information content (AvgIpc) is 3.17. The van der Waals surface area contributed by atoms with Crippen molar-refractivity contribution in [3.63, 3.8) is 0 Å². The Morgan fingerprint density at radius 2 is 1.74 bits per heavy atom. The number of nitrogens with zero attached hydrogens (tertiary/aromatic N) is 3. The van der Waals surface area contributed by atoms with Crippen LogP contribution in [0.5, 0.6) is 0 Å². The maximum Gasteiger partial charge on any atom is 0.435 e. The van der Waals surface area contributed by atoms with Crippen molar-refractivity contribution >= 4 is 11.0 Å². The van der Waals surface area contributed by atoms with E-state index >= 15 is 0 Å². The highest BCUT2D eigenvalue weighted by Crippen LogP contribution is 2.39. The van der Waals surface area contributed by atoms with Crippen LogP contribution in [0.3, 0.4) is 0 Å². The summed E-state index contributed by atoms with van der Waals surface area (Å²) in [5.74, 6) is 1.21. The van der Waals surface area contributed by atoms with E-state index in [0.29, 0.717) is 35.9 Å². The number of hydrogen-bond donors (Lipinski definition) is 1. The van der Waals surface area contributed by atoms with Gasteiger partial charge >= 0.3 is 6.18 Å². The summed E-state index contributed by atoms with van der Waals surface area (Å²) in [7, 11) is 0. The first-order valence-corrected chi connectivity index (χ1v) is 11.3. The molecule has 4 nitrogen and oxygen atoms in total. The molecule has 0 amide bonds. The van der Waals surface area contributed by atoms with Crippen LogP contribution in [-0.4, -0.2) is 27.6 Å². The molecule has 0 spiro atoms. The molecule has 0 bridgehead atoms. The topological polar surface area (TPSA) is 42.7 Å². The van der Waals surface area contributed by atoms with Gasteiger partial charge in [-0.15, -0.1) is 0 Å². The van der Waals surface area contributed by atoms with Crippen LogP contribution in [0, 0.1) is 5.92 Å². The van der Waals surface area contributed by atoms with E-state index in [4.69, 9.17) is 0 Å². The van der Waals surface area contributed by atoms with Crippen molar-refractivity contribution in [1.29, 1.82) is 0 Å². The third-order valence-electron chi connectivity index (χ3n) is 6.68. The zero-order valence-electron chi connectivity index (χ0n) is 17.5. The van der Waals surface area contributed by atoms with Gasteiger partial charge in [0.15, 0.2) is 5.69 Å². The summed E-state index contributed by atoms with van der Waals surface area (Å²) < 4.78 is 44.0. The molecular formula is C24H27F3N4. The maximum absolute atomic E-state index is 14.0. The highest BCUT2D eigenvalue weighted by atomic mass is 19.4. The second kappa shape index (κ2) is 8.26. The van der Waals surface area contributed by atoms with Crippen molar-refractivity contribution in [2.24, 2.45) is 5.92 Å². The first-order valence-electron chi connectivity index (χ1n) is 11.3. The number of fused-ring (bicyclic) bond motifs is 3. The van der Waals surface area contributed by atoms with Crippen molar-refractivity contribution in [3.05, 3.63) is 47.3 Å². The summed E-state index contributed by atoms with van der Waals surface area (Å²) in [5.41, 5.74) is 2.26. The normalized spacial score (nSPS) is 17.8. The predicted octanol–water partition coefficient (Wildman–Crippen LogP) is 5.39. The largest absolute Gasteiger partial charge is 0.435 e. The van der Waals surface area contributed by atoms with Crippen LogP contribution >= 0.6 is 0 Å². The van der Waals surface area contributed by atoms with E-state index in [1.54, 1.807) is 0 Å². The molecule has 1 N–H and O–H groups in total. The summed E-state index contributed by atoms with van der Waals surface area (Å²) in [6, 6.07) is 9.58. The molecule has 3 aromatic rings. The van der Waals surface area contributed by atoms with Gasteiger partial charge in [0.05, 0.1) is 5.52 Å². The summed E-state index contributed by atoms with van der Waals surface area (Å²) in [4.78, 5) is 8.69. The molecule has 1 fully saturated rings. The standard InChI is InChI=1S/C24H27F3N4/c25-24(26,27)22-20-21(18-8-4-5-9-19(18)29-22)31(15-12-16-10-13-28-14-11-16)23(30-20)17-6-2-1-3-7-17/h1-3,6-7,16,28H,4-5,8-15H2. The van der Waals surface area contributed by atoms with Gasteiger partial charge in [-0.25, -0.2) is 9.97 Å². The summed E-state index contributed by atoms with van der Waals surface area (Å²) in [6.45, 7) is 2.70. The van der Waals surface area contributed by atoms with Gasteiger partial charge in [0, 0.05) is 17.8 Å². The van der Waals surface area contributed by atoms with E-state index in [1.165, 1.54) is 0 Å². The molecule has 2 aliphatic rings. The van der Waals surface area contributed by atoms with E-state index in [0.717, 1.165) is 62.7 Å². The van der Waals surface area contributed by atoms with Gasteiger partial charge in [0.2, 0.25) is 0 Å². The van der Waals surface area contributed by atoms with Crippen molar-refractivity contribution in [2.75, 3.05) is 13.1 Å². The van der Waals surface area contributed by atoms with E-state index in [2.05, 4.69) is 19.9 Å². The first-order chi connectivity index (χ1) is 15.0. The number of halogens is 3. The minimum Gasteiger partial charge on any atom is -0.324 e. The fraction of sp³-hybridized carbons (Fsp3) is 0.500. The molecule has 1 saturated heterocycles. The highest BCUT2D eigenvalue weighted by molar-refractivity contribution is 5.86. The molecule has 1 aliphatic carbocycles. The maximum atomic E-state index is 14.0. The summed E-state index contributed by atoms with van der Waals surface area (Å²) in [5, 5.41) is 3.39. The lowest BCUT2D eigenvalue weighted by molar-refractivity contribution is -0.140. The number of piperidine rings is 1. The van der Waals surface area contributed by atoms with Gasteiger partial charge in [-0.2, -0.15) is 13.2 Å². The van der Waals surface area contributed by atoms with Crippen LogP contribution in [0.2, 0.25) is 0 Å². The number of hydrogen-bond acceptors (Lipinski definition) is 3. The average molecular weight is 429 g/mol. The number of pyridine rings is 1. The molecule has 3 heterocycles. The molecule has 0 radical (unpaired) electrons. The SMILES string of the molecule is FC(F)(F)c1nc2c(c3c1nc(-c1ccccc1)n3CCC1CCNCC1)CCCC2. The summed E-state index contributed by atoms with van der Waals surface area (Å²) in [6.07, 6.45) is 1.89. The predicted molar refractivity (Wildman–Crippen MR) is 115 cm³/mol. The van der Waals surface area contributed by atoms with Crippen LogP contribution < -0.4 is 5.32 Å². The van der Waals surface area contributed by atoms with Crippen molar-refractivity contribution in [1.82, 2.24) is 19.9 Å². The molecule has 1 aliphatic heterocycles. The van der Waals surface area contributed by atoms with Crippen LogP contribution in [0.15, 0.2) is 30.3 Å². The summed E-state index contributed by atoms with van der Waals surface area (Å²) >= 11 is 0. The lowest BCUT2D eigenvalue weighted by Crippen LogP contribution is -2.28. The fourth-order valence-electron chi connectivity index (χ4n) is 5.08. The molecule has 1 aromatic carbocycles. The molecule has 7 heteroatoms. The second-order valence-electron chi connectivity index (χ2n) is 8.72. The van der Waals surface area contributed by atoms with Gasteiger partial charge in [-0.1, -0.05) is 30.3 Å². The minimum atomic E-state index is -4.52. The monoisotopic (exact) mass is 428 g/mol. The lowest BCUT2D eigenvalue weighted by Gasteiger charge is -2.24. The zero-order chi connectivity index (χ0) is 21.4. The van der Waals surface area contributed by atoms with E-state index in [1.807, 2.05) is 30.3 Å². The third-order valence-corrected chi connectivity index (χ3v) is 6.68. The van der Waals surface area contributed by atoms with Crippen molar-refractivity contribution in [2.45, 2.75) is 57.7 Å². The number of nitrogens with one attached hydrogen (secondary N) is 1. The third kappa shape index (κ3) is 3.95. The van der Waals surface area contributed by atoms with E-state index < -0.39 is 11.9 Å². The van der Waals surface area contributed by atoms with Crippen LogP contribution in [0.1, 0.15) is 49.1 Å². The number of alkyl halides is 3. The Balaban J connectivity index is 1.70. The Morgan fingerprint density at radius 3 is 2.48 bits per heavy atom. The Bertz CT molecular complexity index is 1070. The Morgan fingerprint density at radius 1 is 1.00 bits per heavy atom. The highest BCUT2D eigenvalue weighted by Gasteiger charge is 2.38.